The number of ether oxygens (including phenoxy) is 1. The van der Waals surface area contributed by atoms with Crippen LogP contribution in [0.15, 0.2) is 54.6 Å². The minimum absolute atomic E-state index is 0.0795. The second-order valence-electron chi connectivity index (χ2n) is 5.52. The normalized spacial score (nSPS) is 11.6. The predicted octanol–water partition coefficient (Wildman–Crippen LogP) is 3.36. The first-order valence-electron chi connectivity index (χ1n) is 7.68. The molecule has 23 heavy (non-hydrogen) atoms. The van der Waals surface area contributed by atoms with E-state index in [1.165, 1.54) is 12.5 Å². The van der Waals surface area contributed by atoms with Crippen molar-refractivity contribution in [3.05, 3.63) is 65.7 Å². The van der Waals surface area contributed by atoms with Gasteiger partial charge in [0.2, 0.25) is 0 Å². The number of carbonyl (C=O) groups is 2. The van der Waals surface area contributed by atoms with E-state index in [0.717, 1.165) is 12.8 Å². The third kappa shape index (κ3) is 5.58. The van der Waals surface area contributed by atoms with Gasteiger partial charge in [0.1, 0.15) is 5.75 Å². The second-order valence-corrected chi connectivity index (χ2v) is 5.52. The number of rotatable bonds is 6. The van der Waals surface area contributed by atoms with Crippen LogP contribution in [0, 0.1) is 0 Å². The summed E-state index contributed by atoms with van der Waals surface area (Å²) in [5.74, 6) is -0.0668. The van der Waals surface area contributed by atoms with Crippen molar-refractivity contribution < 1.29 is 14.3 Å². The topological polar surface area (TPSA) is 55.4 Å². The van der Waals surface area contributed by atoms with Crippen LogP contribution in [-0.2, 0) is 11.2 Å². The van der Waals surface area contributed by atoms with Crippen molar-refractivity contribution in [1.82, 2.24) is 5.32 Å². The Morgan fingerprint density at radius 2 is 1.70 bits per heavy atom. The van der Waals surface area contributed by atoms with Crippen LogP contribution < -0.4 is 10.1 Å². The molecule has 0 aliphatic rings. The molecule has 0 aliphatic carbocycles. The van der Waals surface area contributed by atoms with Gasteiger partial charge in [-0.05, 0) is 49.6 Å². The van der Waals surface area contributed by atoms with Gasteiger partial charge >= 0.3 is 5.97 Å². The zero-order chi connectivity index (χ0) is 16.7. The molecule has 120 valence electrons. The van der Waals surface area contributed by atoms with E-state index in [1.807, 2.05) is 25.1 Å². The van der Waals surface area contributed by atoms with Crippen molar-refractivity contribution in [2.24, 2.45) is 0 Å². The van der Waals surface area contributed by atoms with Crippen LogP contribution in [0.25, 0.3) is 0 Å². The number of hydrogen-bond acceptors (Lipinski definition) is 3. The van der Waals surface area contributed by atoms with Gasteiger partial charge in [-0.3, -0.25) is 9.59 Å². The Labute approximate surface area is 136 Å². The number of nitrogens with one attached hydrogen (secondary N) is 1. The van der Waals surface area contributed by atoms with Crippen LogP contribution in [0.4, 0.5) is 0 Å². The highest BCUT2D eigenvalue weighted by Crippen LogP contribution is 2.13. The van der Waals surface area contributed by atoms with E-state index in [0.29, 0.717) is 11.3 Å². The molecule has 0 spiro atoms. The van der Waals surface area contributed by atoms with E-state index < -0.39 is 0 Å². The molecule has 2 aromatic rings. The van der Waals surface area contributed by atoms with Crippen molar-refractivity contribution in [2.75, 3.05) is 0 Å². The zero-order valence-corrected chi connectivity index (χ0v) is 13.4. The van der Waals surface area contributed by atoms with Crippen LogP contribution >= 0.6 is 0 Å². The van der Waals surface area contributed by atoms with Crippen LogP contribution in [0.2, 0.25) is 0 Å². The van der Waals surface area contributed by atoms with E-state index in [1.54, 1.807) is 24.3 Å². The minimum Gasteiger partial charge on any atom is -0.427 e. The fraction of sp³-hybridized carbons (Fsp3) is 0.263. The van der Waals surface area contributed by atoms with Gasteiger partial charge in [0.15, 0.2) is 0 Å². The van der Waals surface area contributed by atoms with Gasteiger partial charge < -0.3 is 10.1 Å². The molecule has 0 saturated heterocycles. The van der Waals surface area contributed by atoms with Gasteiger partial charge in [0.05, 0.1) is 0 Å². The summed E-state index contributed by atoms with van der Waals surface area (Å²) in [5.41, 5.74) is 1.81. The molecule has 0 fully saturated rings. The van der Waals surface area contributed by atoms with Crippen LogP contribution in [0.3, 0.4) is 0 Å². The number of amides is 1. The van der Waals surface area contributed by atoms with Gasteiger partial charge in [-0.2, -0.15) is 0 Å². The summed E-state index contributed by atoms with van der Waals surface area (Å²) in [7, 11) is 0. The van der Waals surface area contributed by atoms with E-state index >= 15 is 0 Å². The first kappa shape index (κ1) is 16.7. The van der Waals surface area contributed by atoms with Gasteiger partial charge in [0, 0.05) is 18.5 Å². The molecule has 0 heterocycles. The lowest BCUT2D eigenvalue weighted by Crippen LogP contribution is -2.32. The zero-order valence-electron chi connectivity index (χ0n) is 13.4. The molecule has 1 amide bonds. The number of aryl methyl sites for hydroxylation is 1. The van der Waals surface area contributed by atoms with E-state index in [9.17, 15) is 9.59 Å². The molecule has 0 saturated carbocycles. The highest BCUT2D eigenvalue weighted by molar-refractivity contribution is 5.94. The smallest absolute Gasteiger partial charge is 0.308 e. The summed E-state index contributed by atoms with van der Waals surface area (Å²) >= 11 is 0. The molecule has 0 unspecified atom stereocenters. The average molecular weight is 311 g/mol. The van der Waals surface area contributed by atoms with Crippen molar-refractivity contribution in [3.63, 3.8) is 0 Å². The van der Waals surface area contributed by atoms with Gasteiger partial charge in [0.25, 0.3) is 5.91 Å². The summed E-state index contributed by atoms with van der Waals surface area (Å²) in [6, 6.07) is 16.8. The maximum absolute atomic E-state index is 12.2. The average Bonchev–Trinajstić information content (AvgIpc) is 2.54. The first-order valence-corrected chi connectivity index (χ1v) is 7.68. The molecule has 0 aromatic heterocycles. The summed E-state index contributed by atoms with van der Waals surface area (Å²) in [6.45, 7) is 3.34. The van der Waals surface area contributed by atoms with Crippen molar-refractivity contribution in [1.29, 1.82) is 0 Å². The molecule has 4 heteroatoms. The number of benzene rings is 2. The number of esters is 1. The Hall–Kier alpha value is -2.62. The molecule has 2 rings (SSSR count). The Morgan fingerprint density at radius 3 is 2.30 bits per heavy atom. The Morgan fingerprint density at radius 1 is 1.04 bits per heavy atom. The van der Waals surface area contributed by atoms with Crippen LogP contribution in [-0.4, -0.2) is 17.9 Å². The highest BCUT2D eigenvalue weighted by Gasteiger charge is 2.10. The SMILES string of the molecule is CC(=O)Oc1ccc(C(=O)N[C@@H](C)CCc2ccccc2)cc1. The lowest BCUT2D eigenvalue weighted by molar-refractivity contribution is -0.131. The molecule has 1 atom stereocenters. The van der Waals surface area contributed by atoms with Gasteiger partial charge in [-0.1, -0.05) is 30.3 Å². The maximum Gasteiger partial charge on any atom is 0.308 e. The molecule has 0 aliphatic heterocycles. The number of hydrogen-bond donors (Lipinski definition) is 1. The molecular weight excluding hydrogens is 290 g/mol. The van der Waals surface area contributed by atoms with Crippen LogP contribution in [0.5, 0.6) is 5.75 Å². The molecular formula is C19H21NO3. The fourth-order valence-corrected chi connectivity index (χ4v) is 2.25. The maximum atomic E-state index is 12.2. The fourth-order valence-electron chi connectivity index (χ4n) is 2.25. The van der Waals surface area contributed by atoms with Crippen molar-refractivity contribution >= 4 is 11.9 Å². The van der Waals surface area contributed by atoms with Crippen molar-refractivity contribution in [3.8, 4) is 5.75 Å². The summed E-state index contributed by atoms with van der Waals surface area (Å²) in [4.78, 5) is 23.0. The summed E-state index contributed by atoms with van der Waals surface area (Å²) in [5, 5.41) is 2.98. The Balaban J connectivity index is 1.84. The largest absolute Gasteiger partial charge is 0.427 e. The second kappa shape index (κ2) is 8.13. The standard InChI is InChI=1S/C19H21NO3/c1-14(8-9-16-6-4-3-5-7-16)20-19(22)17-10-12-18(13-11-17)23-15(2)21/h3-7,10-14H,8-9H2,1-2H3,(H,20,22)/t14-/m0/s1. The quantitative estimate of drug-likeness (QED) is 0.657. The lowest BCUT2D eigenvalue weighted by Gasteiger charge is -2.14. The van der Waals surface area contributed by atoms with Gasteiger partial charge in [-0.15, -0.1) is 0 Å². The van der Waals surface area contributed by atoms with E-state index in [4.69, 9.17) is 4.74 Å². The summed E-state index contributed by atoms with van der Waals surface area (Å²) < 4.78 is 4.95. The predicted molar refractivity (Wildman–Crippen MR) is 89.4 cm³/mol. The molecule has 4 nitrogen and oxygen atoms in total. The van der Waals surface area contributed by atoms with E-state index in [2.05, 4.69) is 17.4 Å². The Bertz CT molecular complexity index is 650. The molecule has 0 radical (unpaired) electrons. The molecule has 1 N–H and O–H groups in total. The Kier molecular flexibility index (Phi) is 5.92. The third-order valence-electron chi connectivity index (χ3n) is 3.46. The van der Waals surface area contributed by atoms with Gasteiger partial charge in [-0.25, -0.2) is 0 Å². The highest BCUT2D eigenvalue weighted by atomic mass is 16.5. The monoisotopic (exact) mass is 311 g/mol. The van der Waals surface area contributed by atoms with Crippen molar-refractivity contribution in [2.45, 2.75) is 32.7 Å². The number of carbonyl (C=O) groups excluding carboxylic acids is 2. The summed E-state index contributed by atoms with van der Waals surface area (Å²) in [6.07, 6.45) is 1.80. The third-order valence-corrected chi connectivity index (χ3v) is 3.46. The molecule has 0 bridgehead atoms. The first-order chi connectivity index (χ1) is 11.0. The van der Waals surface area contributed by atoms with Crippen LogP contribution in [0.1, 0.15) is 36.2 Å². The lowest BCUT2D eigenvalue weighted by atomic mass is 10.1. The minimum atomic E-state index is -0.378. The van der Waals surface area contributed by atoms with E-state index in [-0.39, 0.29) is 17.9 Å². The molecule has 2 aromatic carbocycles.